The Hall–Kier alpha value is -2.48. The quantitative estimate of drug-likeness (QED) is 0.791. The first kappa shape index (κ1) is 21.7. The highest BCUT2D eigenvalue weighted by Crippen LogP contribution is 2.26. The van der Waals surface area contributed by atoms with Crippen LogP contribution in [0.5, 0.6) is 0 Å². The number of hydrogen-bond donors (Lipinski definition) is 1. The van der Waals surface area contributed by atoms with Crippen LogP contribution in [0.15, 0.2) is 15.7 Å². The summed E-state index contributed by atoms with van der Waals surface area (Å²) in [6.07, 6.45) is 5.83. The van der Waals surface area contributed by atoms with Crippen LogP contribution < -0.4 is 11.2 Å². The second-order valence-corrected chi connectivity index (χ2v) is 9.13. The maximum Gasteiger partial charge on any atom is 0.329 e. The first-order valence-corrected chi connectivity index (χ1v) is 11.6. The fraction of sp³-hybridized carbons (Fsp3) is 0.652. The van der Waals surface area contributed by atoms with Crippen molar-refractivity contribution in [3.63, 3.8) is 0 Å². The van der Waals surface area contributed by atoms with E-state index in [0.29, 0.717) is 36.9 Å². The largest absolute Gasteiger partial charge is 0.336 e. The number of nitrogens with one attached hydrogen (secondary N) is 1. The molecule has 2 aromatic heterocycles. The summed E-state index contributed by atoms with van der Waals surface area (Å²) in [6, 6.07) is 2.40. The summed E-state index contributed by atoms with van der Waals surface area (Å²) < 4.78 is 1.48. The van der Waals surface area contributed by atoms with Gasteiger partial charge in [-0.2, -0.15) is 0 Å². The zero-order valence-corrected chi connectivity index (χ0v) is 18.8. The number of hydrogen-bond acceptors (Lipinski definition) is 5. The maximum absolute atomic E-state index is 13.6. The highest BCUT2D eigenvalue weighted by molar-refractivity contribution is 6.05. The lowest BCUT2D eigenvalue weighted by molar-refractivity contribution is 0.0575. The van der Waals surface area contributed by atoms with E-state index in [-0.39, 0.29) is 17.2 Å². The monoisotopic (exact) mass is 427 g/mol. The highest BCUT2D eigenvalue weighted by atomic mass is 16.2. The molecule has 4 rings (SSSR count). The molecular weight excluding hydrogens is 394 g/mol. The number of aromatic amines is 1. The Morgan fingerprint density at radius 2 is 1.84 bits per heavy atom. The summed E-state index contributed by atoms with van der Waals surface area (Å²) in [5.74, 6) is -0.0767. The molecule has 0 radical (unpaired) electrons. The zero-order chi connectivity index (χ0) is 22.1. The molecule has 2 aliphatic rings. The van der Waals surface area contributed by atoms with Gasteiger partial charge in [-0.25, -0.2) is 9.78 Å². The molecular formula is C23H33N5O3. The standard InChI is InChI=1S/C23H33N5O3/c1-4-9-28-20-19(21(29)25-23(28)31)17(14-18(24-20)15(2)3)22(30)27-12-10-26(11-13-27)16-7-5-6-8-16/h14-16H,4-13H2,1-3H3,(H,25,29,31). The van der Waals surface area contributed by atoms with Crippen molar-refractivity contribution in [3.8, 4) is 0 Å². The normalized spacial score (nSPS) is 18.4. The molecule has 0 unspecified atom stereocenters. The molecule has 0 bridgehead atoms. The van der Waals surface area contributed by atoms with Crippen molar-refractivity contribution in [1.29, 1.82) is 0 Å². The molecule has 168 valence electrons. The van der Waals surface area contributed by atoms with Crippen molar-refractivity contribution in [1.82, 2.24) is 24.3 Å². The van der Waals surface area contributed by atoms with Gasteiger partial charge in [0.15, 0.2) is 5.65 Å². The molecule has 0 spiro atoms. The third-order valence-corrected chi connectivity index (χ3v) is 6.68. The van der Waals surface area contributed by atoms with Gasteiger partial charge < -0.3 is 4.90 Å². The van der Waals surface area contributed by atoms with Gasteiger partial charge in [0.25, 0.3) is 11.5 Å². The lowest BCUT2D eigenvalue weighted by Gasteiger charge is -2.38. The van der Waals surface area contributed by atoms with Crippen molar-refractivity contribution in [2.24, 2.45) is 0 Å². The van der Waals surface area contributed by atoms with E-state index in [4.69, 9.17) is 0 Å². The summed E-state index contributed by atoms with van der Waals surface area (Å²) in [7, 11) is 0. The van der Waals surface area contributed by atoms with Gasteiger partial charge in [0, 0.05) is 44.5 Å². The summed E-state index contributed by atoms with van der Waals surface area (Å²) in [5, 5.41) is 0.223. The minimum atomic E-state index is -0.539. The maximum atomic E-state index is 13.6. The molecule has 1 saturated heterocycles. The fourth-order valence-electron chi connectivity index (χ4n) is 4.92. The average Bonchev–Trinajstić information content (AvgIpc) is 3.30. The molecule has 1 N–H and O–H groups in total. The Balaban J connectivity index is 1.72. The van der Waals surface area contributed by atoms with Crippen LogP contribution in [0.1, 0.15) is 74.8 Å². The Morgan fingerprint density at radius 1 is 1.16 bits per heavy atom. The van der Waals surface area contributed by atoms with E-state index in [1.54, 1.807) is 6.07 Å². The van der Waals surface area contributed by atoms with Gasteiger partial charge >= 0.3 is 5.69 Å². The van der Waals surface area contributed by atoms with Gasteiger partial charge in [0.2, 0.25) is 0 Å². The number of carbonyl (C=O) groups is 1. The minimum Gasteiger partial charge on any atom is -0.336 e. The molecule has 2 aromatic rings. The number of aryl methyl sites for hydroxylation is 1. The van der Waals surface area contributed by atoms with Crippen molar-refractivity contribution < 1.29 is 4.79 Å². The molecule has 0 atom stereocenters. The van der Waals surface area contributed by atoms with Crippen LogP contribution in [0.25, 0.3) is 11.0 Å². The zero-order valence-electron chi connectivity index (χ0n) is 18.8. The second kappa shape index (κ2) is 8.94. The number of pyridine rings is 1. The topological polar surface area (TPSA) is 91.3 Å². The first-order valence-electron chi connectivity index (χ1n) is 11.6. The molecule has 1 aliphatic carbocycles. The van der Waals surface area contributed by atoms with Crippen LogP contribution in [-0.4, -0.2) is 62.5 Å². The van der Waals surface area contributed by atoms with E-state index in [1.807, 2.05) is 25.7 Å². The van der Waals surface area contributed by atoms with E-state index in [0.717, 1.165) is 25.2 Å². The molecule has 0 aromatic carbocycles. The van der Waals surface area contributed by atoms with Crippen molar-refractivity contribution >= 4 is 16.9 Å². The average molecular weight is 428 g/mol. The van der Waals surface area contributed by atoms with Gasteiger partial charge in [-0.05, 0) is 31.2 Å². The number of amides is 1. The van der Waals surface area contributed by atoms with Crippen molar-refractivity contribution in [2.75, 3.05) is 26.2 Å². The number of rotatable bonds is 5. The Morgan fingerprint density at radius 3 is 2.45 bits per heavy atom. The molecule has 1 saturated carbocycles. The van der Waals surface area contributed by atoms with Crippen LogP contribution >= 0.6 is 0 Å². The molecule has 1 aliphatic heterocycles. The molecule has 2 fully saturated rings. The predicted molar refractivity (Wildman–Crippen MR) is 121 cm³/mol. The van der Waals surface area contributed by atoms with Crippen molar-refractivity contribution in [2.45, 2.75) is 71.4 Å². The van der Waals surface area contributed by atoms with Crippen LogP contribution in [0, 0.1) is 0 Å². The van der Waals surface area contributed by atoms with E-state index >= 15 is 0 Å². The van der Waals surface area contributed by atoms with Crippen LogP contribution in [-0.2, 0) is 6.54 Å². The Bertz CT molecular complexity index is 1070. The summed E-state index contributed by atoms with van der Waals surface area (Å²) in [6.45, 7) is 9.45. The Labute approximate surface area is 182 Å². The van der Waals surface area contributed by atoms with Gasteiger partial charge in [0.05, 0.1) is 10.9 Å². The van der Waals surface area contributed by atoms with Gasteiger partial charge in [-0.1, -0.05) is 33.6 Å². The first-order chi connectivity index (χ1) is 14.9. The molecule has 31 heavy (non-hydrogen) atoms. The van der Waals surface area contributed by atoms with Crippen molar-refractivity contribution in [3.05, 3.63) is 38.2 Å². The van der Waals surface area contributed by atoms with E-state index < -0.39 is 11.2 Å². The number of piperazine rings is 1. The van der Waals surface area contributed by atoms with Crippen LogP contribution in [0.2, 0.25) is 0 Å². The summed E-state index contributed by atoms with van der Waals surface area (Å²) in [4.78, 5) is 50.2. The Kier molecular flexibility index (Phi) is 6.27. The number of fused-ring (bicyclic) bond motifs is 1. The lowest BCUT2D eigenvalue weighted by atomic mass is 10.0. The smallest absolute Gasteiger partial charge is 0.329 e. The minimum absolute atomic E-state index is 0.0691. The number of aromatic nitrogens is 3. The molecule has 1 amide bonds. The van der Waals surface area contributed by atoms with Gasteiger partial charge in [-0.3, -0.25) is 24.0 Å². The van der Waals surface area contributed by atoms with Gasteiger partial charge in [0.1, 0.15) is 0 Å². The van der Waals surface area contributed by atoms with Crippen LogP contribution in [0.4, 0.5) is 0 Å². The number of H-pyrrole nitrogens is 1. The summed E-state index contributed by atoms with van der Waals surface area (Å²) >= 11 is 0. The van der Waals surface area contributed by atoms with E-state index in [2.05, 4.69) is 14.9 Å². The van der Waals surface area contributed by atoms with Gasteiger partial charge in [-0.15, -0.1) is 0 Å². The third kappa shape index (κ3) is 4.18. The molecule has 8 heteroatoms. The number of nitrogens with zero attached hydrogens (tertiary/aromatic N) is 4. The summed E-state index contributed by atoms with van der Waals surface area (Å²) in [5.41, 5.74) is 0.374. The molecule has 8 nitrogen and oxygen atoms in total. The number of carbonyl (C=O) groups excluding carboxylic acids is 1. The predicted octanol–water partition coefficient (Wildman–Crippen LogP) is 2.32. The second-order valence-electron chi connectivity index (χ2n) is 9.13. The van der Waals surface area contributed by atoms with Crippen LogP contribution in [0.3, 0.4) is 0 Å². The fourth-order valence-corrected chi connectivity index (χ4v) is 4.92. The highest BCUT2D eigenvalue weighted by Gasteiger charge is 2.30. The third-order valence-electron chi connectivity index (χ3n) is 6.68. The molecule has 3 heterocycles. The van der Waals surface area contributed by atoms with E-state index in [9.17, 15) is 14.4 Å². The SMILES string of the molecule is CCCn1c(=O)[nH]c(=O)c2c(C(=O)N3CCN(C4CCCC4)CC3)cc(C(C)C)nc21. The van der Waals surface area contributed by atoms with E-state index in [1.165, 1.54) is 30.3 Å². The lowest BCUT2D eigenvalue weighted by Crippen LogP contribution is -2.51.